The molecule has 1 aliphatic carbocycles. The van der Waals surface area contributed by atoms with E-state index in [2.05, 4.69) is 5.32 Å². The molecule has 2 aliphatic rings. The van der Waals surface area contributed by atoms with Crippen LogP contribution in [0.1, 0.15) is 32.1 Å². The average molecular weight is 380 g/mol. The van der Waals surface area contributed by atoms with Gasteiger partial charge in [0.05, 0.1) is 11.8 Å². The SMILES string of the molecule is O=C(CCN1C(=O)COc2ccccc21)Nc1ccc(OC2CCCC2)cc1. The quantitative estimate of drug-likeness (QED) is 0.829. The highest BCUT2D eigenvalue weighted by molar-refractivity contribution is 5.99. The van der Waals surface area contributed by atoms with Crippen molar-refractivity contribution >= 4 is 23.2 Å². The number of nitrogens with one attached hydrogen (secondary N) is 1. The Kier molecular flexibility index (Phi) is 5.46. The van der Waals surface area contributed by atoms with Gasteiger partial charge >= 0.3 is 0 Å². The third-order valence-electron chi connectivity index (χ3n) is 5.11. The summed E-state index contributed by atoms with van der Waals surface area (Å²) in [5.74, 6) is 1.22. The number of para-hydroxylation sites is 2. The van der Waals surface area contributed by atoms with Crippen molar-refractivity contribution in [3.8, 4) is 11.5 Å². The van der Waals surface area contributed by atoms with E-state index in [1.807, 2.05) is 48.5 Å². The lowest BCUT2D eigenvalue weighted by molar-refractivity contribution is -0.121. The molecule has 1 saturated carbocycles. The Balaban J connectivity index is 1.30. The van der Waals surface area contributed by atoms with Crippen LogP contribution in [0.4, 0.5) is 11.4 Å². The van der Waals surface area contributed by atoms with E-state index in [9.17, 15) is 9.59 Å². The van der Waals surface area contributed by atoms with E-state index in [0.29, 0.717) is 24.1 Å². The van der Waals surface area contributed by atoms with Crippen LogP contribution in [0.25, 0.3) is 0 Å². The topological polar surface area (TPSA) is 67.9 Å². The maximum Gasteiger partial charge on any atom is 0.265 e. The van der Waals surface area contributed by atoms with Crippen LogP contribution in [0.15, 0.2) is 48.5 Å². The summed E-state index contributed by atoms with van der Waals surface area (Å²) in [6.45, 7) is 0.314. The third kappa shape index (κ3) is 4.27. The molecule has 2 aromatic rings. The number of hydrogen-bond donors (Lipinski definition) is 1. The number of carbonyl (C=O) groups excluding carboxylic acids is 2. The Labute approximate surface area is 164 Å². The Morgan fingerprint density at radius 3 is 2.64 bits per heavy atom. The Morgan fingerprint density at radius 2 is 1.86 bits per heavy atom. The molecule has 0 unspecified atom stereocenters. The zero-order valence-corrected chi connectivity index (χ0v) is 15.7. The molecule has 0 bridgehead atoms. The van der Waals surface area contributed by atoms with E-state index in [1.165, 1.54) is 12.8 Å². The maximum atomic E-state index is 12.3. The minimum Gasteiger partial charge on any atom is -0.490 e. The van der Waals surface area contributed by atoms with Gasteiger partial charge in [-0.2, -0.15) is 0 Å². The highest BCUT2D eigenvalue weighted by Crippen LogP contribution is 2.31. The zero-order valence-electron chi connectivity index (χ0n) is 15.7. The first-order valence-electron chi connectivity index (χ1n) is 9.78. The van der Waals surface area contributed by atoms with Gasteiger partial charge in [0.2, 0.25) is 5.91 Å². The molecular weight excluding hydrogens is 356 g/mol. The molecule has 1 heterocycles. The first-order chi connectivity index (χ1) is 13.7. The Bertz CT molecular complexity index is 844. The van der Waals surface area contributed by atoms with Crippen molar-refractivity contribution in [1.82, 2.24) is 0 Å². The number of ether oxygens (including phenoxy) is 2. The molecule has 2 amide bonds. The minimum atomic E-state index is -0.139. The fraction of sp³-hybridized carbons (Fsp3) is 0.364. The van der Waals surface area contributed by atoms with E-state index >= 15 is 0 Å². The van der Waals surface area contributed by atoms with Crippen molar-refractivity contribution in [1.29, 1.82) is 0 Å². The van der Waals surface area contributed by atoms with Gasteiger partial charge in [-0.3, -0.25) is 9.59 Å². The summed E-state index contributed by atoms with van der Waals surface area (Å²) in [6.07, 6.45) is 5.21. The van der Waals surface area contributed by atoms with E-state index < -0.39 is 0 Å². The van der Waals surface area contributed by atoms with Crippen molar-refractivity contribution in [2.45, 2.75) is 38.2 Å². The Hall–Kier alpha value is -3.02. The second-order valence-electron chi connectivity index (χ2n) is 7.15. The average Bonchev–Trinajstić information content (AvgIpc) is 3.22. The van der Waals surface area contributed by atoms with Crippen LogP contribution < -0.4 is 19.7 Å². The van der Waals surface area contributed by atoms with Gasteiger partial charge < -0.3 is 19.7 Å². The summed E-state index contributed by atoms with van der Waals surface area (Å²) in [4.78, 5) is 26.1. The number of amides is 2. The van der Waals surface area contributed by atoms with Crippen LogP contribution in [0.3, 0.4) is 0 Å². The van der Waals surface area contributed by atoms with Gasteiger partial charge in [-0.25, -0.2) is 0 Å². The molecule has 1 aliphatic heterocycles. The van der Waals surface area contributed by atoms with Gasteiger partial charge in [0.25, 0.3) is 5.91 Å². The summed E-state index contributed by atoms with van der Waals surface area (Å²) in [7, 11) is 0. The highest BCUT2D eigenvalue weighted by Gasteiger charge is 2.25. The second kappa shape index (κ2) is 8.33. The lowest BCUT2D eigenvalue weighted by atomic mass is 10.2. The molecule has 28 heavy (non-hydrogen) atoms. The molecule has 6 nitrogen and oxygen atoms in total. The summed E-state index contributed by atoms with van der Waals surface area (Å²) in [6, 6.07) is 14.8. The van der Waals surface area contributed by atoms with Gasteiger partial charge in [0, 0.05) is 18.7 Å². The normalized spacial score (nSPS) is 16.4. The predicted octanol–water partition coefficient (Wildman–Crippen LogP) is 3.76. The summed E-state index contributed by atoms with van der Waals surface area (Å²) in [5, 5.41) is 2.88. The molecule has 146 valence electrons. The second-order valence-corrected chi connectivity index (χ2v) is 7.15. The molecule has 1 N–H and O–H groups in total. The van der Waals surface area contributed by atoms with Crippen molar-refractivity contribution in [2.24, 2.45) is 0 Å². The van der Waals surface area contributed by atoms with Crippen LogP contribution >= 0.6 is 0 Å². The summed E-state index contributed by atoms with van der Waals surface area (Å²) in [5.41, 5.74) is 1.43. The highest BCUT2D eigenvalue weighted by atomic mass is 16.5. The lowest BCUT2D eigenvalue weighted by Crippen LogP contribution is -2.40. The first-order valence-corrected chi connectivity index (χ1v) is 9.78. The van der Waals surface area contributed by atoms with E-state index in [1.54, 1.807) is 4.90 Å². The molecule has 0 saturated heterocycles. The summed E-state index contributed by atoms with van der Waals surface area (Å²) < 4.78 is 11.4. The standard InChI is InChI=1S/C22H24N2O4/c25-21(13-14-24-19-7-3-4-8-20(19)27-15-22(24)26)23-16-9-11-18(12-10-16)28-17-5-1-2-6-17/h3-4,7-12,17H,1-2,5-6,13-15H2,(H,23,25). The molecule has 1 fully saturated rings. The van der Waals surface area contributed by atoms with Crippen LogP contribution in [0, 0.1) is 0 Å². The van der Waals surface area contributed by atoms with Crippen LogP contribution in [-0.2, 0) is 9.59 Å². The molecule has 0 spiro atoms. The van der Waals surface area contributed by atoms with Gasteiger partial charge in [-0.15, -0.1) is 0 Å². The van der Waals surface area contributed by atoms with Gasteiger partial charge in [0.15, 0.2) is 6.61 Å². The maximum absolute atomic E-state index is 12.3. The molecule has 4 rings (SSSR count). The predicted molar refractivity (Wildman–Crippen MR) is 107 cm³/mol. The number of fused-ring (bicyclic) bond motifs is 1. The molecule has 6 heteroatoms. The van der Waals surface area contributed by atoms with E-state index in [4.69, 9.17) is 9.47 Å². The number of carbonyl (C=O) groups is 2. The van der Waals surface area contributed by atoms with Crippen LogP contribution in [0.5, 0.6) is 11.5 Å². The number of benzene rings is 2. The lowest BCUT2D eigenvalue weighted by Gasteiger charge is -2.29. The number of nitrogens with zero attached hydrogens (tertiary/aromatic N) is 1. The fourth-order valence-electron chi connectivity index (χ4n) is 3.65. The van der Waals surface area contributed by atoms with Gasteiger partial charge in [-0.1, -0.05) is 12.1 Å². The number of rotatable bonds is 6. The fourth-order valence-corrected chi connectivity index (χ4v) is 3.65. The van der Waals surface area contributed by atoms with Gasteiger partial charge in [-0.05, 0) is 62.1 Å². The Morgan fingerprint density at radius 1 is 1.11 bits per heavy atom. The van der Waals surface area contributed by atoms with Crippen molar-refractivity contribution in [3.05, 3.63) is 48.5 Å². The molecule has 2 aromatic carbocycles. The molecule has 0 radical (unpaired) electrons. The van der Waals surface area contributed by atoms with Gasteiger partial charge in [0.1, 0.15) is 11.5 Å². The third-order valence-corrected chi connectivity index (χ3v) is 5.11. The van der Waals surface area contributed by atoms with Crippen molar-refractivity contribution in [2.75, 3.05) is 23.4 Å². The number of hydrogen-bond acceptors (Lipinski definition) is 4. The zero-order chi connectivity index (χ0) is 19.3. The van der Waals surface area contributed by atoms with Crippen LogP contribution in [-0.4, -0.2) is 31.1 Å². The molecule has 0 atom stereocenters. The smallest absolute Gasteiger partial charge is 0.265 e. The monoisotopic (exact) mass is 380 g/mol. The van der Waals surface area contributed by atoms with Crippen LogP contribution in [0.2, 0.25) is 0 Å². The van der Waals surface area contributed by atoms with Crippen molar-refractivity contribution in [3.63, 3.8) is 0 Å². The number of anilines is 2. The summed E-state index contributed by atoms with van der Waals surface area (Å²) >= 11 is 0. The molecular formula is C22H24N2O4. The largest absolute Gasteiger partial charge is 0.490 e. The van der Waals surface area contributed by atoms with E-state index in [-0.39, 0.29) is 24.8 Å². The minimum absolute atomic E-state index is 0.00108. The van der Waals surface area contributed by atoms with Crippen molar-refractivity contribution < 1.29 is 19.1 Å². The van der Waals surface area contributed by atoms with E-state index in [0.717, 1.165) is 24.3 Å². The first kappa shape index (κ1) is 18.3. The molecule has 0 aromatic heterocycles.